The van der Waals surface area contributed by atoms with Crippen molar-refractivity contribution in [1.29, 1.82) is 0 Å². The number of furan rings is 1. The molecule has 0 aliphatic carbocycles. The number of hydrogen-bond donors (Lipinski definition) is 0. The van der Waals surface area contributed by atoms with Gasteiger partial charge in [0.05, 0.1) is 17.8 Å². The number of aromatic nitrogens is 2. The molecular formula is C18H13N3O4. The summed E-state index contributed by atoms with van der Waals surface area (Å²) in [6.07, 6.45) is 1.45. The predicted octanol–water partition coefficient (Wildman–Crippen LogP) is 3.41. The molecule has 0 amide bonds. The Balaban J connectivity index is 1.85. The van der Waals surface area contributed by atoms with Crippen LogP contribution in [0, 0.1) is 17.0 Å². The molecule has 0 aliphatic heterocycles. The van der Waals surface area contributed by atoms with E-state index < -0.39 is 4.92 Å². The highest BCUT2D eigenvalue weighted by Gasteiger charge is 2.16. The minimum absolute atomic E-state index is 0.0309. The molecule has 2 heterocycles. The monoisotopic (exact) mass is 335 g/mol. The van der Waals surface area contributed by atoms with Gasteiger partial charge in [0.25, 0.3) is 11.2 Å². The lowest BCUT2D eigenvalue weighted by molar-refractivity contribution is -0.385. The van der Waals surface area contributed by atoms with Gasteiger partial charge in [-0.3, -0.25) is 19.5 Å². The number of nitrogens with zero attached hydrogens (tertiary/aromatic N) is 3. The molecule has 2 aromatic heterocycles. The smallest absolute Gasteiger partial charge is 0.297 e. The third-order valence-electron chi connectivity index (χ3n) is 4.31. The second-order valence-electron chi connectivity index (χ2n) is 5.77. The highest BCUT2D eigenvalue weighted by Crippen LogP contribution is 2.25. The van der Waals surface area contributed by atoms with Gasteiger partial charge in [-0.25, -0.2) is 4.98 Å². The van der Waals surface area contributed by atoms with Crippen LogP contribution in [-0.2, 0) is 6.54 Å². The van der Waals surface area contributed by atoms with Gasteiger partial charge in [0, 0.05) is 17.0 Å². The molecule has 0 unspecified atom stereocenters. The summed E-state index contributed by atoms with van der Waals surface area (Å²) in [4.78, 5) is 27.7. The Morgan fingerprint density at radius 1 is 1.20 bits per heavy atom. The third kappa shape index (κ3) is 2.37. The van der Waals surface area contributed by atoms with Gasteiger partial charge in [0.2, 0.25) is 5.58 Å². The fourth-order valence-electron chi connectivity index (χ4n) is 2.95. The summed E-state index contributed by atoms with van der Waals surface area (Å²) >= 11 is 0. The molecule has 0 saturated carbocycles. The Labute approximate surface area is 141 Å². The zero-order chi connectivity index (χ0) is 17.6. The molecule has 124 valence electrons. The highest BCUT2D eigenvalue weighted by atomic mass is 16.6. The molecule has 0 radical (unpaired) electrons. The Kier molecular flexibility index (Phi) is 3.35. The maximum Gasteiger partial charge on any atom is 0.297 e. The molecule has 7 nitrogen and oxygen atoms in total. The van der Waals surface area contributed by atoms with Crippen LogP contribution < -0.4 is 5.56 Å². The van der Waals surface area contributed by atoms with E-state index in [9.17, 15) is 14.9 Å². The molecule has 0 bridgehead atoms. The van der Waals surface area contributed by atoms with Crippen LogP contribution in [0.15, 0.2) is 58.0 Å². The van der Waals surface area contributed by atoms with E-state index >= 15 is 0 Å². The number of rotatable bonds is 3. The molecule has 0 aliphatic rings. The second kappa shape index (κ2) is 5.55. The van der Waals surface area contributed by atoms with Crippen LogP contribution in [-0.4, -0.2) is 14.5 Å². The topological polar surface area (TPSA) is 91.2 Å². The summed E-state index contributed by atoms with van der Waals surface area (Å²) in [5.74, 6) is 0. The number of nitro groups is 1. The molecular weight excluding hydrogens is 322 g/mol. The van der Waals surface area contributed by atoms with Crippen molar-refractivity contribution in [3.63, 3.8) is 0 Å². The molecule has 0 fully saturated rings. The van der Waals surface area contributed by atoms with E-state index in [1.165, 1.54) is 17.0 Å². The van der Waals surface area contributed by atoms with Crippen molar-refractivity contribution in [2.45, 2.75) is 13.5 Å². The van der Waals surface area contributed by atoms with Crippen molar-refractivity contribution >= 4 is 27.8 Å². The van der Waals surface area contributed by atoms with Crippen molar-refractivity contribution in [1.82, 2.24) is 9.55 Å². The molecule has 2 aromatic carbocycles. The lowest BCUT2D eigenvalue weighted by atomic mass is 10.1. The first kappa shape index (κ1) is 15.1. The van der Waals surface area contributed by atoms with Gasteiger partial charge in [0.15, 0.2) is 0 Å². The second-order valence-corrected chi connectivity index (χ2v) is 5.77. The van der Waals surface area contributed by atoms with Crippen LogP contribution in [0.4, 0.5) is 5.69 Å². The minimum atomic E-state index is -0.428. The molecule has 7 heteroatoms. The highest BCUT2D eigenvalue weighted by molar-refractivity contribution is 6.01. The lowest BCUT2D eigenvalue weighted by Gasteiger charge is -2.08. The standard InChI is InChI=1S/C18H13N3O4/c1-11-12(5-4-7-14(11)21(23)24)9-20-10-19-16-13-6-2-3-8-15(13)25-17(16)18(20)22/h2-8,10H,9H2,1H3. The van der Waals surface area contributed by atoms with Crippen LogP contribution in [0.25, 0.3) is 22.1 Å². The van der Waals surface area contributed by atoms with Gasteiger partial charge in [-0.15, -0.1) is 0 Å². The SMILES string of the molecule is Cc1c(Cn2cnc3c(oc4ccccc43)c2=O)cccc1[N+](=O)[O-]. The Morgan fingerprint density at radius 3 is 2.80 bits per heavy atom. The minimum Gasteiger partial charge on any atom is -0.448 e. The van der Waals surface area contributed by atoms with Gasteiger partial charge in [-0.1, -0.05) is 24.3 Å². The van der Waals surface area contributed by atoms with Crippen LogP contribution in [0.2, 0.25) is 0 Å². The summed E-state index contributed by atoms with van der Waals surface area (Å²) in [6, 6.07) is 12.1. The number of fused-ring (bicyclic) bond motifs is 3. The van der Waals surface area contributed by atoms with E-state index in [4.69, 9.17) is 4.42 Å². The Bertz CT molecular complexity index is 1190. The van der Waals surface area contributed by atoms with Crippen molar-refractivity contribution in [2.75, 3.05) is 0 Å². The summed E-state index contributed by atoms with van der Waals surface area (Å²) in [7, 11) is 0. The van der Waals surface area contributed by atoms with Gasteiger partial charge < -0.3 is 4.42 Å². The molecule has 25 heavy (non-hydrogen) atoms. The molecule has 0 spiro atoms. The average Bonchev–Trinajstić information content (AvgIpc) is 2.98. The fourth-order valence-corrected chi connectivity index (χ4v) is 2.95. The summed E-state index contributed by atoms with van der Waals surface area (Å²) in [5, 5.41) is 11.9. The van der Waals surface area contributed by atoms with E-state index in [0.29, 0.717) is 22.2 Å². The van der Waals surface area contributed by atoms with Crippen molar-refractivity contribution in [3.8, 4) is 0 Å². The van der Waals surface area contributed by atoms with Crippen molar-refractivity contribution < 1.29 is 9.34 Å². The van der Waals surface area contributed by atoms with Crippen LogP contribution >= 0.6 is 0 Å². The summed E-state index contributed by atoms with van der Waals surface area (Å²) < 4.78 is 7.05. The largest absolute Gasteiger partial charge is 0.448 e. The number of para-hydroxylation sites is 1. The van der Waals surface area contributed by atoms with Gasteiger partial charge in [-0.05, 0) is 24.6 Å². The fraction of sp³-hybridized carbons (Fsp3) is 0.111. The van der Waals surface area contributed by atoms with Crippen LogP contribution in [0.3, 0.4) is 0 Å². The van der Waals surface area contributed by atoms with Crippen molar-refractivity contribution in [2.24, 2.45) is 0 Å². The van der Waals surface area contributed by atoms with E-state index in [1.807, 2.05) is 18.2 Å². The molecule has 4 aromatic rings. The Morgan fingerprint density at radius 2 is 2.00 bits per heavy atom. The number of nitro benzene ring substituents is 1. The normalized spacial score (nSPS) is 11.2. The average molecular weight is 335 g/mol. The molecule has 0 atom stereocenters. The number of benzene rings is 2. The predicted molar refractivity (Wildman–Crippen MR) is 92.7 cm³/mol. The Hall–Kier alpha value is -3.48. The van der Waals surface area contributed by atoms with Gasteiger partial charge in [-0.2, -0.15) is 0 Å². The summed E-state index contributed by atoms with van der Waals surface area (Å²) in [6.45, 7) is 1.86. The number of hydrogen-bond acceptors (Lipinski definition) is 5. The first-order chi connectivity index (χ1) is 12.1. The lowest BCUT2D eigenvalue weighted by Crippen LogP contribution is -2.21. The van der Waals surface area contributed by atoms with Gasteiger partial charge in [0.1, 0.15) is 11.1 Å². The van der Waals surface area contributed by atoms with Crippen molar-refractivity contribution in [3.05, 3.63) is 80.4 Å². The van der Waals surface area contributed by atoms with E-state index in [1.54, 1.807) is 25.1 Å². The molecule has 0 N–H and O–H groups in total. The van der Waals surface area contributed by atoms with Gasteiger partial charge >= 0.3 is 0 Å². The molecule has 0 saturated heterocycles. The molecule has 4 rings (SSSR count). The zero-order valence-corrected chi connectivity index (χ0v) is 13.3. The first-order valence-electron chi connectivity index (χ1n) is 7.66. The van der Waals surface area contributed by atoms with E-state index in [2.05, 4.69) is 4.98 Å². The van der Waals surface area contributed by atoms with Crippen LogP contribution in [0.1, 0.15) is 11.1 Å². The summed E-state index contributed by atoms with van der Waals surface area (Å²) in [5.41, 5.74) is 2.25. The third-order valence-corrected chi connectivity index (χ3v) is 4.31. The maximum atomic E-state index is 12.7. The first-order valence-corrected chi connectivity index (χ1v) is 7.66. The zero-order valence-electron chi connectivity index (χ0n) is 13.3. The van der Waals surface area contributed by atoms with E-state index in [0.717, 1.165) is 5.39 Å². The quantitative estimate of drug-likeness (QED) is 0.423. The maximum absolute atomic E-state index is 12.7. The van der Waals surface area contributed by atoms with Crippen LogP contribution in [0.5, 0.6) is 0 Å². The van der Waals surface area contributed by atoms with E-state index in [-0.39, 0.29) is 23.4 Å².